The van der Waals surface area contributed by atoms with Crippen LogP contribution >= 0.6 is 0 Å². The summed E-state index contributed by atoms with van der Waals surface area (Å²) in [5, 5.41) is 0. The van der Waals surface area contributed by atoms with Gasteiger partial charge in [-0.3, -0.25) is 0 Å². The number of hydrogen-bond acceptors (Lipinski definition) is 7. The highest BCUT2D eigenvalue weighted by atomic mass is 16.6. The average Bonchev–Trinajstić information content (AvgIpc) is 3.81. The largest absolute Gasteiger partial charge is 0.460 e. The van der Waals surface area contributed by atoms with E-state index in [9.17, 15) is 9.59 Å². The molecule has 0 aromatic rings. The number of hydrogen-bond donors (Lipinski definition) is 0. The Morgan fingerprint density at radius 2 is 1.22 bits per heavy atom. The maximum atomic E-state index is 11.1. The molecule has 2 fully saturated rings. The Kier molecular flexibility index (Phi) is 34.1. The molecule has 0 N–H and O–H groups in total. The fourth-order valence-corrected chi connectivity index (χ4v) is 3.44. The second-order valence-corrected chi connectivity index (χ2v) is 16.4. The molecule has 302 valence electrons. The lowest BCUT2D eigenvalue weighted by Crippen LogP contribution is -2.40. The van der Waals surface area contributed by atoms with Crippen molar-refractivity contribution in [2.75, 3.05) is 26.4 Å². The van der Waals surface area contributed by atoms with Crippen LogP contribution < -0.4 is 0 Å². The molecule has 7 heteroatoms. The average molecular weight is 725 g/mol. The quantitative estimate of drug-likeness (QED) is 0.0907. The first-order valence-corrected chi connectivity index (χ1v) is 19.0. The van der Waals surface area contributed by atoms with E-state index in [1.807, 2.05) is 61.5 Å². The van der Waals surface area contributed by atoms with E-state index in [1.165, 1.54) is 23.6 Å². The second kappa shape index (κ2) is 31.3. The Morgan fingerprint density at radius 1 is 0.765 bits per heavy atom. The van der Waals surface area contributed by atoms with Crippen LogP contribution in [0.1, 0.15) is 152 Å². The SMILES string of the molecule is C=CC(C)C.CC(C)=C(C)C(=O)OC(C)C.CC(C)=C(C)COC(C)C.CC(C)=CC(=O)OC(C)C.CC(C)C1CO1.CC(C)CC1(C)COC1. The lowest BCUT2D eigenvalue weighted by atomic mass is 9.80. The molecule has 0 bridgehead atoms. The minimum atomic E-state index is -0.255. The topological polar surface area (TPSA) is 83.6 Å². The zero-order chi connectivity index (χ0) is 41.1. The van der Waals surface area contributed by atoms with Gasteiger partial charge in [0, 0.05) is 17.1 Å². The van der Waals surface area contributed by atoms with Crippen LogP contribution in [0.2, 0.25) is 0 Å². The number of allylic oxidation sites excluding steroid dienone is 4. The molecule has 0 radical (unpaired) electrons. The highest BCUT2D eigenvalue weighted by Gasteiger charge is 2.33. The van der Waals surface area contributed by atoms with E-state index in [0.717, 1.165) is 49.4 Å². The van der Waals surface area contributed by atoms with Crippen LogP contribution in [0, 0.1) is 23.2 Å². The van der Waals surface area contributed by atoms with E-state index in [4.69, 9.17) is 23.7 Å². The molecule has 7 nitrogen and oxygen atoms in total. The molecule has 0 aromatic heterocycles. The summed E-state index contributed by atoms with van der Waals surface area (Å²) in [5.41, 5.74) is 5.91. The molecule has 1 atom stereocenters. The summed E-state index contributed by atoms with van der Waals surface area (Å²) in [7, 11) is 0. The van der Waals surface area contributed by atoms with Gasteiger partial charge in [-0.2, -0.15) is 0 Å². The van der Waals surface area contributed by atoms with Crippen molar-refractivity contribution in [2.24, 2.45) is 23.2 Å². The maximum absolute atomic E-state index is 11.1. The van der Waals surface area contributed by atoms with Crippen molar-refractivity contribution in [3.8, 4) is 0 Å². The third-order valence-electron chi connectivity index (χ3n) is 7.02. The number of carbonyl (C=O) groups excluding carboxylic acids is 2. The monoisotopic (exact) mass is 725 g/mol. The molecule has 0 aliphatic carbocycles. The van der Waals surface area contributed by atoms with Crippen LogP contribution in [0.25, 0.3) is 0 Å². The summed E-state index contributed by atoms with van der Waals surface area (Å²) in [6.07, 6.45) is 5.60. The molecule has 0 saturated carbocycles. The first kappa shape index (κ1) is 55.5. The van der Waals surface area contributed by atoms with Crippen molar-refractivity contribution in [1.82, 2.24) is 0 Å². The lowest BCUT2D eigenvalue weighted by molar-refractivity contribution is -0.143. The van der Waals surface area contributed by atoms with Crippen molar-refractivity contribution in [3.05, 3.63) is 46.6 Å². The van der Waals surface area contributed by atoms with Gasteiger partial charge in [0.1, 0.15) is 0 Å². The van der Waals surface area contributed by atoms with Crippen LogP contribution in [0.5, 0.6) is 0 Å². The number of carbonyl (C=O) groups is 2. The highest BCUT2D eigenvalue weighted by Crippen LogP contribution is 2.33. The minimum Gasteiger partial charge on any atom is -0.460 e. The van der Waals surface area contributed by atoms with Gasteiger partial charge in [-0.1, -0.05) is 71.3 Å². The maximum Gasteiger partial charge on any atom is 0.333 e. The van der Waals surface area contributed by atoms with Gasteiger partial charge in [-0.15, -0.1) is 6.58 Å². The van der Waals surface area contributed by atoms with Gasteiger partial charge in [-0.25, -0.2) is 9.59 Å². The summed E-state index contributed by atoms with van der Waals surface area (Å²) in [6, 6.07) is 0. The van der Waals surface area contributed by atoms with Crippen molar-refractivity contribution >= 4 is 11.9 Å². The van der Waals surface area contributed by atoms with Crippen LogP contribution in [0.4, 0.5) is 0 Å². The summed E-state index contributed by atoms with van der Waals surface area (Å²) < 4.78 is 25.3. The van der Waals surface area contributed by atoms with Gasteiger partial charge in [0.15, 0.2) is 0 Å². The summed E-state index contributed by atoms with van der Waals surface area (Å²) >= 11 is 0. The van der Waals surface area contributed by atoms with E-state index in [-0.39, 0.29) is 24.1 Å². The molecule has 0 spiro atoms. The van der Waals surface area contributed by atoms with E-state index in [0.29, 0.717) is 29.1 Å². The molecule has 1 unspecified atom stereocenters. The van der Waals surface area contributed by atoms with Crippen LogP contribution in [0.3, 0.4) is 0 Å². The van der Waals surface area contributed by atoms with Crippen LogP contribution in [-0.4, -0.2) is 62.8 Å². The Hall–Kier alpha value is -2.22. The zero-order valence-corrected chi connectivity index (χ0v) is 37.3. The summed E-state index contributed by atoms with van der Waals surface area (Å²) in [6.45, 7) is 49.8. The molecular weight excluding hydrogens is 640 g/mol. The predicted octanol–water partition coefficient (Wildman–Crippen LogP) is 11.9. The standard InChI is InChI=1S/C9H16O2.C9H18O.C8H14O2.C8H16O.C5H10O.C5H10/c1-6(2)8(5)9(10)11-7(3)4;1-7(2)9(5)6-10-8(3)4;1-6(2)5-8(9)10-7(3)4;1-7(2)4-8(3)5-9-6-8;1-4(2)5-3-6-5;1-4-5(2)3/h7H,1-5H3;8H,6H2,1-5H3;5,7H,1-4H3;7H,4-6H2,1-3H3;4-5H,3H2,1-2H3;4-5H,1H2,2-3H3. The molecular formula is C44H84O7. The molecule has 0 amide bonds. The second-order valence-electron chi connectivity index (χ2n) is 16.4. The van der Waals surface area contributed by atoms with Crippen LogP contribution in [-0.2, 0) is 33.3 Å². The molecule has 51 heavy (non-hydrogen) atoms. The zero-order valence-electron chi connectivity index (χ0n) is 37.3. The van der Waals surface area contributed by atoms with Crippen molar-refractivity contribution in [1.29, 1.82) is 0 Å². The normalized spacial score (nSPS) is 14.7. The molecule has 0 aromatic carbocycles. The molecule has 2 aliphatic rings. The fraction of sp³-hybridized carbons (Fsp3) is 0.773. The Morgan fingerprint density at radius 3 is 1.41 bits per heavy atom. The van der Waals surface area contributed by atoms with E-state index in [1.54, 1.807) is 6.92 Å². The Balaban J connectivity index is -0.000000264. The Labute approximate surface area is 317 Å². The Bertz CT molecular complexity index is 1010. The van der Waals surface area contributed by atoms with Gasteiger partial charge in [0.2, 0.25) is 0 Å². The van der Waals surface area contributed by atoms with Crippen LogP contribution in [0.15, 0.2) is 46.6 Å². The number of ether oxygens (including phenoxy) is 5. The van der Waals surface area contributed by atoms with Gasteiger partial charge < -0.3 is 23.7 Å². The predicted molar refractivity (Wildman–Crippen MR) is 219 cm³/mol. The first-order valence-electron chi connectivity index (χ1n) is 19.0. The third-order valence-corrected chi connectivity index (χ3v) is 7.02. The van der Waals surface area contributed by atoms with E-state index >= 15 is 0 Å². The van der Waals surface area contributed by atoms with E-state index < -0.39 is 0 Å². The number of rotatable bonds is 11. The fourth-order valence-electron chi connectivity index (χ4n) is 3.44. The number of epoxide rings is 1. The molecule has 2 heterocycles. The van der Waals surface area contributed by atoms with Crippen molar-refractivity contribution in [3.63, 3.8) is 0 Å². The third kappa shape index (κ3) is 42.1. The number of esters is 2. The first-order chi connectivity index (χ1) is 23.2. The lowest BCUT2D eigenvalue weighted by Gasteiger charge is -2.39. The highest BCUT2D eigenvalue weighted by molar-refractivity contribution is 5.88. The molecule has 2 aliphatic heterocycles. The van der Waals surface area contributed by atoms with Crippen molar-refractivity contribution in [2.45, 2.75) is 176 Å². The van der Waals surface area contributed by atoms with Crippen molar-refractivity contribution < 1.29 is 33.3 Å². The van der Waals surface area contributed by atoms with Gasteiger partial charge in [0.05, 0.1) is 50.8 Å². The molecule has 2 rings (SSSR count). The minimum absolute atomic E-state index is 0.0249. The van der Waals surface area contributed by atoms with Gasteiger partial charge in [-0.05, 0) is 127 Å². The summed E-state index contributed by atoms with van der Waals surface area (Å²) in [4.78, 5) is 21.9. The summed E-state index contributed by atoms with van der Waals surface area (Å²) in [5.74, 6) is 1.74. The molecule has 2 saturated heterocycles. The smallest absolute Gasteiger partial charge is 0.333 e. The van der Waals surface area contributed by atoms with E-state index in [2.05, 4.69) is 89.7 Å². The van der Waals surface area contributed by atoms with Gasteiger partial charge in [0.25, 0.3) is 0 Å². The van der Waals surface area contributed by atoms with Gasteiger partial charge >= 0.3 is 11.9 Å².